The number of phenols is 1. The third-order valence-corrected chi connectivity index (χ3v) is 4.53. The van der Waals surface area contributed by atoms with Crippen molar-refractivity contribution in [3.05, 3.63) is 59.7 Å². The molecule has 0 aromatic heterocycles. The van der Waals surface area contributed by atoms with Crippen molar-refractivity contribution in [3.63, 3.8) is 0 Å². The molecule has 2 N–H and O–H groups in total. The summed E-state index contributed by atoms with van der Waals surface area (Å²) in [5, 5.41) is 12.9. The standard InChI is InChI=1S/C20H22N2O4/c1-26-17-9-5-8-16(19(17)24)20(25)21-15-12-18(23)22(13-15)11-10-14-6-3-2-4-7-14/h2-9,15,24H,10-13H2,1H3,(H,21,25)/t15-/m1/s1. The summed E-state index contributed by atoms with van der Waals surface area (Å²) in [5.41, 5.74) is 1.31. The summed E-state index contributed by atoms with van der Waals surface area (Å²) in [6.07, 6.45) is 1.05. The van der Waals surface area contributed by atoms with Crippen LogP contribution in [-0.2, 0) is 11.2 Å². The number of methoxy groups -OCH3 is 1. The molecule has 2 aromatic carbocycles. The average molecular weight is 354 g/mol. The zero-order valence-electron chi connectivity index (χ0n) is 14.6. The van der Waals surface area contributed by atoms with Crippen molar-refractivity contribution in [2.75, 3.05) is 20.2 Å². The third kappa shape index (κ3) is 3.96. The molecule has 1 heterocycles. The average Bonchev–Trinajstić information content (AvgIpc) is 3.00. The van der Waals surface area contributed by atoms with Crippen LogP contribution in [0.4, 0.5) is 0 Å². The molecule has 136 valence electrons. The lowest BCUT2D eigenvalue weighted by molar-refractivity contribution is -0.127. The van der Waals surface area contributed by atoms with Crippen molar-refractivity contribution in [1.82, 2.24) is 10.2 Å². The molecule has 26 heavy (non-hydrogen) atoms. The van der Waals surface area contributed by atoms with Gasteiger partial charge in [-0.1, -0.05) is 36.4 Å². The van der Waals surface area contributed by atoms with Crippen molar-refractivity contribution < 1.29 is 19.4 Å². The van der Waals surface area contributed by atoms with Crippen molar-refractivity contribution in [2.24, 2.45) is 0 Å². The fraction of sp³-hybridized carbons (Fsp3) is 0.300. The van der Waals surface area contributed by atoms with Gasteiger partial charge in [-0.2, -0.15) is 0 Å². The number of carbonyl (C=O) groups excluding carboxylic acids is 2. The monoisotopic (exact) mass is 354 g/mol. The van der Waals surface area contributed by atoms with E-state index in [4.69, 9.17) is 4.74 Å². The molecule has 0 unspecified atom stereocenters. The predicted octanol–water partition coefficient (Wildman–Crippen LogP) is 1.97. The molecule has 2 aromatic rings. The lowest BCUT2D eigenvalue weighted by Gasteiger charge is -2.17. The number of nitrogens with zero attached hydrogens (tertiary/aromatic N) is 1. The maximum atomic E-state index is 12.4. The molecule has 1 atom stereocenters. The number of hydrogen-bond donors (Lipinski definition) is 2. The first-order chi connectivity index (χ1) is 12.6. The van der Waals surface area contributed by atoms with Crippen LogP contribution >= 0.6 is 0 Å². The highest BCUT2D eigenvalue weighted by Crippen LogP contribution is 2.29. The summed E-state index contributed by atoms with van der Waals surface area (Å²) in [6, 6.07) is 14.5. The van der Waals surface area contributed by atoms with Gasteiger partial charge in [0.25, 0.3) is 5.91 Å². The number of likely N-dealkylation sites (tertiary alicyclic amines) is 1. The van der Waals surface area contributed by atoms with Crippen LogP contribution in [0.3, 0.4) is 0 Å². The Hall–Kier alpha value is -3.02. The lowest BCUT2D eigenvalue weighted by Crippen LogP contribution is -2.37. The number of amides is 2. The zero-order chi connectivity index (χ0) is 18.5. The number of hydrogen-bond acceptors (Lipinski definition) is 4. The second kappa shape index (κ2) is 7.91. The second-order valence-electron chi connectivity index (χ2n) is 6.31. The van der Waals surface area contributed by atoms with Crippen LogP contribution in [0.5, 0.6) is 11.5 Å². The van der Waals surface area contributed by atoms with Gasteiger partial charge in [0.15, 0.2) is 11.5 Å². The van der Waals surface area contributed by atoms with E-state index in [-0.39, 0.29) is 35.4 Å². The van der Waals surface area contributed by atoms with Gasteiger partial charge in [-0.25, -0.2) is 0 Å². The summed E-state index contributed by atoms with van der Waals surface area (Å²) in [4.78, 5) is 26.4. The summed E-state index contributed by atoms with van der Waals surface area (Å²) < 4.78 is 5.02. The van der Waals surface area contributed by atoms with Gasteiger partial charge >= 0.3 is 0 Å². The van der Waals surface area contributed by atoms with Gasteiger partial charge < -0.3 is 20.1 Å². The van der Waals surface area contributed by atoms with E-state index in [0.717, 1.165) is 6.42 Å². The Morgan fingerprint density at radius 1 is 1.23 bits per heavy atom. The minimum atomic E-state index is -0.413. The molecule has 3 rings (SSSR count). The number of para-hydroxylation sites is 1. The van der Waals surface area contributed by atoms with E-state index in [0.29, 0.717) is 13.1 Å². The maximum absolute atomic E-state index is 12.4. The molecule has 1 fully saturated rings. The van der Waals surface area contributed by atoms with Crippen LogP contribution in [0.25, 0.3) is 0 Å². The van der Waals surface area contributed by atoms with Gasteiger partial charge in [0.2, 0.25) is 5.91 Å². The molecule has 0 aliphatic carbocycles. The van der Waals surface area contributed by atoms with Gasteiger partial charge in [-0.15, -0.1) is 0 Å². The van der Waals surface area contributed by atoms with Gasteiger partial charge in [-0.3, -0.25) is 9.59 Å². The minimum absolute atomic E-state index is 0.0288. The molecule has 0 saturated carbocycles. The van der Waals surface area contributed by atoms with Crippen LogP contribution < -0.4 is 10.1 Å². The topological polar surface area (TPSA) is 78.9 Å². The SMILES string of the molecule is COc1cccc(C(=O)N[C@@H]2CC(=O)N(CCc3ccccc3)C2)c1O. The van der Waals surface area contributed by atoms with Gasteiger partial charge in [0.1, 0.15) is 0 Å². The highest BCUT2D eigenvalue weighted by atomic mass is 16.5. The van der Waals surface area contributed by atoms with Gasteiger partial charge in [-0.05, 0) is 24.1 Å². The first-order valence-corrected chi connectivity index (χ1v) is 8.57. The van der Waals surface area contributed by atoms with Crippen LogP contribution in [0.2, 0.25) is 0 Å². The molecule has 0 bridgehead atoms. The lowest BCUT2D eigenvalue weighted by atomic mass is 10.1. The molecular weight excluding hydrogens is 332 g/mol. The molecule has 6 nitrogen and oxygen atoms in total. The fourth-order valence-electron chi connectivity index (χ4n) is 3.13. The third-order valence-electron chi connectivity index (χ3n) is 4.53. The number of aromatic hydroxyl groups is 1. The van der Waals surface area contributed by atoms with Crippen LogP contribution in [-0.4, -0.2) is 48.1 Å². The first-order valence-electron chi connectivity index (χ1n) is 8.57. The zero-order valence-corrected chi connectivity index (χ0v) is 14.6. The van der Waals surface area contributed by atoms with E-state index < -0.39 is 5.91 Å². The predicted molar refractivity (Wildman–Crippen MR) is 97.3 cm³/mol. The smallest absolute Gasteiger partial charge is 0.255 e. The van der Waals surface area contributed by atoms with E-state index in [9.17, 15) is 14.7 Å². The van der Waals surface area contributed by atoms with E-state index >= 15 is 0 Å². The first kappa shape index (κ1) is 17.8. The number of rotatable bonds is 6. The van der Waals surface area contributed by atoms with Crippen LogP contribution in [0, 0.1) is 0 Å². The summed E-state index contributed by atoms with van der Waals surface area (Å²) in [7, 11) is 1.43. The molecular formula is C20H22N2O4. The highest BCUT2D eigenvalue weighted by molar-refractivity contribution is 5.98. The van der Waals surface area contributed by atoms with E-state index in [1.807, 2.05) is 30.3 Å². The molecule has 2 amide bonds. The Labute approximate surface area is 152 Å². The van der Waals surface area contributed by atoms with Gasteiger partial charge in [0.05, 0.1) is 18.7 Å². The second-order valence-corrected chi connectivity index (χ2v) is 6.31. The summed E-state index contributed by atoms with van der Waals surface area (Å²) in [6.45, 7) is 1.10. The van der Waals surface area contributed by atoms with Crippen LogP contribution in [0.15, 0.2) is 48.5 Å². The molecule has 1 saturated heterocycles. The van der Waals surface area contributed by atoms with Gasteiger partial charge in [0, 0.05) is 19.5 Å². The minimum Gasteiger partial charge on any atom is -0.504 e. The number of phenolic OH excluding ortho intramolecular Hbond substituents is 1. The Bertz CT molecular complexity index is 792. The highest BCUT2D eigenvalue weighted by Gasteiger charge is 2.31. The van der Waals surface area contributed by atoms with E-state index in [1.54, 1.807) is 17.0 Å². The van der Waals surface area contributed by atoms with E-state index in [1.165, 1.54) is 18.7 Å². The molecule has 1 aliphatic heterocycles. The normalized spacial score (nSPS) is 16.6. The Balaban J connectivity index is 1.58. The molecule has 1 aliphatic rings. The largest absolute Gasteiger partial charge is 0.504 e. The van der Waals surface area contributed by atoms with Crippen LogP contribution in [0.1, 0.15) is 22.3 Å². The number of ether oxygens (including phenoxy) is 1. The Kier molecular flexibility index (Phi) is 5.41. The number of benzene rings is 2. The molecule has 6 heteroatoms. The van der Waals surface area contributed by atoms with Crippen molar-refractivity contribution in [2.45, 2.75) is 18.9 Å². The summed E-state index contributed by atoms with van der Waals surface area (Å²) in [5.74, 6) is -0.340. The Morgan fingerprint density at radius 3 is 2.73 bits per heavy atom. The molecule has 0 spiro atoms. The quantitative estimate of drug-likeness (QED) is 0.831. The summed E-state index contributed by atoms with van der Waals surface area (Å²) >= 11 is 0. The van der Waals surface area contributed by atoms with Crippen molar-refractivity contribution in [3.8, 4) is 11.5 Å². The Morgan fingerprint density at radius 2 is 2.00 bits per heavy atom. The number of nitrogens with one attached hydrogen (secondary N) is 1. The molecule has 0 radical (unpaired) electrons. The maximum Gasteiger partial charge on any atom is 0.255 e. The number of carbonyl (C=O) groups is 2. The van der Waals surface area contributed by atoms with Crippen molar-refractivity contribution >= 4 is 11.8 Å². The van der Waals surface area contributed by atoms with E-state index in [2.05, 4.69) is 5.32 Å². The van der Waals surface area contributed by atoms with Crippen molar-refractivity contribution in [1.29, 1.82) is 0 Å². The fourth-order valence-corrected chi connectivity index (χ4v) is 3.13.